The van der Waals surface area contributed by atoms with Crippen LogP contribution in [0.5, 0.6) is 0 Å². The second kappa shape index (κ2) is 6.13. The van der Waals surface area contributed by atoms with Crippen molar-refractivity contribution in [2.75, 3.05) is 6.26 Å². The number of benzene rings is 3. The fourth-order valence-corrected chi connectivity index (χ4v) is 3.52. The van der Waals surface area contributed by atoms with Crippen LogP contribution in [0.1, 0.15) is 22.1 Å². The second-order valence-electron chi connectivity index (χ2n) is 5.15. The highest BCUT2D eigenvalue weighted by atomic mass is 35.5. The summed E-state index contributed by atoms with van der Waals surface area (Å²) < 4.78 is 0. The van der Waals surface area contributed by atoms with Crippen molar-refractivity contribution in [3.63, 3.8) is 0 Å². The summed E-state index contributed by atoms with van der Waals surface area (Å²) in [5, 5.41) is 2.36. The largest absolute Gasteiger partial charge is 0.130 e. The lowest BCUT2D eigenvalue weighted by molar-refractivity contribution is 1.12. The summed E-state index contributed by atoms with van der Waals surface area (Å²) in [5.74, 6) is 0. The first-order chi connectivity index (χ1) is 10.2. The third-order valence-electron chi connectivity index (χ3n) is 3.85. The van der Waals surface area contributed by atoms with E-state index in [1.54, 1.807) is 11.8 Å². The Hall–Kier alpha value is -1.44. The fourth-order valence-electron chi connectivity index (χ4n) is 2.68. The van der Waals surface area contributed by atoms with Gasteiger partial charge < -0.3 is 0 Å². The van der Waals surface area contributed by atoms with Crippen LogP contribution in [0.2, 0.25) is 0 Å². The van der Waals surface area contributed by atoms with Crippen molar-refractivity contribution >= 4 is 34.1 Å². The van der Waals surface area contributed by atoms with E-state index >= 15 is 0 Å². The monoisotopic (exact) mass is 312 g/mol. The molecular formula is C19H17ClS. The Morgan fingerprint density at radius 3 is 2.33 bits per heavy atom. The molecule has 0 fully saturated rings. The van der Waals surface area contributed by atoms with Crippen LogP contribution in [-0.2, 0) is 0 Å². The van der Waals surface area contributed by atoms with E-state index in [2.05, 4.69) is 73.8 Å². The Morgan fingerprint density at radius 2 is 1.62 bits per heavy atom. The number of hydrogen-bond donors (Lipinski definition) is 0. The van der Waals surface area contributed by atoms with Crippen molar-refractivity contribution in [2.24, 2.45) is 0 Å². The van der Waals surface area contributed by atoms with Gasteiger partial charge in [-0.1, -0.05) is 48.5 Å². The van der Waals surface area contributed by atoms with Crippen molar-refractivity contribution in [1.29, 1.82) is 0 Å². The smallest absolute Gasteiger partial charge is 0.0844 e. The number of thioether (sulfide) groups is 1. The van der Waals surface area contributed by atoms with Crippen LogP contribution in [0.4, 0.5) is 0 Å². The van der Waals surface area contributed by atoms with Crippen LogP contribution < -0.4 is 0 Å². The van der Waals surface area contributed by atoms with E-state index in [0.717, 1.165) is 5.56 Å². The van der Waals surface area contributed by atoms with Gasteiger partial charge in [0.05, 0.1) is 5.38 Å². The van der Waals surface area contributed by atoms with E-state index in [-0.39, 0.29) is 5.38 Å². The average molecular weight is 313 g/mol. The number of hydrogen-bond acceptors (Lipinski definition) is 1. The predicted octanol–water partition coefficient (Wildman–Crippen LogP) is 6.20. The minimum Gasteiger partial charge on any atom is -0.130 e. The zero-order valence-electron chi connectivity index (χ0n) is 12.1. The lowest BCUT2D eigenvalue weighted by Gasteiger charge is -2.16. The number of aryl methyl sites for hydroxylation is 1. The van der Waals surface area contributed by atoms with E-state index < -0.39 is 0 Å². The number of rotatable bonds is 3. The van der Waals surface area contributed by atoms with Crippen molar-refractivity contribution in [2.45, 2.75) is 17.2 Å². The lowest BCUT2D eigenvalue weighted by Crippen LogP contribution is -1.98. The summed E-state index contributed by atoms with van der Waals surface area (Å²) in [4.78, 5) is 1.26. The molecule has 1 atom stereocenters. The number of alkyl halides is 1. The Kier molecular flexibility index (Phi) is 4.23. The van der Waals surface area contributed by atoms with Crippen LogP contribution in [0.3, 0.4) is 0 Å². The highest BCUT2D eigenvalue weighted by Gasteiger charge is 2.16. The normalized spacial score (nSPS) is 12.5. The summed E-state index contributed by atoms with van der Waals surface area (Å²) in [6, 6.07) is 21.3. The molecule has 3 aromatic carbocycles. The number of halogens is 1. The van der Waals surface area contributed by atoms with Gasteiger partial charge in [0.15, 0.2) is 0 Å². The van der Waals surface area contributed by atoms with Gasteiger partial charge in [-0.05, 0) is 52.8 Å². The second-order valence-corrected chi connectivity index (χ2v) is 6.47. The minimum absolute atomic E-state index is 0.119. The molecule has 0 spiro atoms. The van der Waals surface area contributed by atoms with Crippen LogP contribution in [0.25, 0.3) is 10.8 Å². The predicted molar refractivity (Wildman–Crippen MR) is 94.6 cm³/mol. The van der Waals surface area contributed by atoms with Crippen LogP contribution in [-0.4, -0.2) is 6.26 Å². The molecule has 106 valence electrons. The molecule has 3 aromatic rings. The van der Waals surface area contributed by atoms with E-state index in [1.807, 2.05) is 0 Å². The SMILES string of the molecule is CSc1ccc(C(Cl)c2c(C)ccc3ccccc23)cc1. The third kappa shape index (κ3) is 2.81. The van der Waals surface area contributed by atoms with E-state index in [0.29, 0.717) is 0 Å². The summed E-state index contributed by atoms with van der Waals surface area (Å²) in [7, 11) is 0. The summed E-state index contributed by atoms with van der Waals surface area (Å²) in [6.45, 7) is 2.13. The highest BCUT2D eigenvalue weighted by Crippen LogP contribution is 2.36. The Balaban J connectivity index is 2.12. The first-order valence-corrected chi connectivity index (χ1v) is 8.63. The van der Waals surface area contributed by atoms with Crippen molar-refractivity contribution < 1.29 is 0 Å². The van der Waals surface area contributed by atoms with Crippen LogP contribution >= 0.6 is 23.4 Å². The zero-order chi connectivity index (χ0) is 14.8. The van der Waals surface area contributed by atoms with E-state index in [1.165, 1.54) is 26.8 Å². The highest BCUT2D eigenvalue weighted by molar-refractivity contribution is 7.98. The molecule has 0 bridgehead atoms. The van der Waals surface area contributed by atoms with Gasteiger partial charge in [0.25, 0.3) is 0 Å². The lowest BCUT2D eigenvalue weighted by atomic mass is 9.94. The molecule has 2 heteroatoms. The standard InChI is InChI=1S/C19H17ClS/c1-13-7-8-14-5-3-4-6-17(14)18(13)19(20)15-9-11-16(21-2)12-10-15/h3-12,19H,1-2H3. The summed E-state index contributed by atoms with van der Waals surface area (Å²) >= 11 is 8.55. The van der Waals surface area contributed by atoms with Gasteiger partial charge in [-0.15, -0.1) is 23.4 Å². The molecule has 0 nitrogen and oxygen atoms in total. The molecule has 0 aromatic heterocycles. The molecule has 0 saturated heterocycles. The van der Waals surface area contributed by atoms with Gasteiger partial charge in [-0.25, -0.2) is 0 Å². The average Bonchev–Trinajstić information content (AvgIpc) is 2.54. The van der Waals surface area contributed by atoms with E-state index in [9.17, 15) is 0 Å². The molecule has 0 aliphatic rings. The molecular weight excluding hydrogens is 296 g/mol. The maximum Gasteiger partial charge on any atom is 0.0844 e. The van der Waals surface area contributed by atoms with Gasteiger partial charge in [0.2, 0.25) is 0 Å². The molecule has 0 amide bonds. The van der Waals surface area contributed by atoms with Crippen molar-refractivity contribution in [3.8, 4) is 0 Å². The molecule has 0 aliphatic carbocycles. The van der Waals surface area contributed by atoms with E-state index in [4.69, 9.17) is 11.6 Å². The zero-order valence-corrected chi connectivity index (χ0v) is 13.7. The molecule has 0 radical (unpaired) electrons. The van der Waals surface area contributed by atoms with Crippen molar-refractivity contribution in [3.05, 3.63) is 77.4 Å². The number of fused-ring (bicyclic) bond motifs is 1. The molecule has 0 saturated carbocycles. The fraction of sp³-hybridized carbons (Fsp3) is 0.158. The first-order valence-electron chi connectivity index (χ1n) is 6.97. The van der Waals surface area contributed by atoms with Crippen LogP contribution in [0.15, 0.2) is 65.6 Å². The Morgan fingerprint density at radius 1 is 0.905 bits per heavy atom. The quantitative estimate of drug-likeness (QED) is 0.410. The minimum atomic E-state index is -0.119. The molecule has 0 heterocycles. The summed E-state index contributed by atoms with van der Waals surface area (Å²) in [6.07, 6.45) is 2.09. The Bertz CT molecular complexity index is 762. The maximum absolute atomic E-state index is 6.80. The summed E-state index contributed by atoms with van der Waals surface area (Å²) in [5.41, 5.74) is 3.60. The first kappa shape index (κ1) is 14.5. The molecule has 21 heavy (non-hydrogen) atoms. The van der Waals surface area contributed by atoms with Gasteiger partial charge >= 0.3 is 0 Å². The molecule has 0 aliphatic heterocycles. The van der Waals surface area contributed by atoms with Gasteiger partial charge in [-0.3, -0.25) is 0 Å². The van der Waals surface area contributed by atoms with Gasteiger partial charge in [0, 0.05) is 4.90 Å². The molecule has 0 N–H and O–H groups in total. The van der Waals surface area contributed by atoms with Crippen molar-refractivity contribution in [1.82, 2.24) is 0 Å². The Labute approximate surface area is 135 Å². The third-order valence-corrected chi connectivity index (χ3v) is 5.06. The van der Waals surface area contributed by atoms with Gasteiger partial charge in [0.1, 0.15) is 0 Å². The van der Waals surface area contributed by atoms with Gasteiger partial charge in [-0.2, -0.15) is 0 Å². The van der Waals surface area contributed by atoms with Crippen LogP contribution in [0, 0.1) is 6.92 Å². The molecule has 3 rings (SSSR count). The maximum atomic E-state index is 6.80. The topological polar surface area (TPSA) is 0 Å². The molecule has 1 unspecified atom stereocenters.